The fraction of sp³-hybridized carbons (Fsp3) is 0.800. The number of carbonyl (C=O) groups is 3. The van der Waals surface area contributed by atoms with E-state index < -0.39 is 11.5 Å². The molecule has 2 atom stereocenters. The molecule has 0 aliphatic carbocycles. The maximum absolute atomic E-state index is 12.6. The minimum atomic E-state index is -0.641. The van der Waals surface area contributed by atoms with Crippen LogP contribution in [0.2, 0.25) is 0 Å². The normalized spacial score (nSPS) is 30.3. The van der Waals surface area contributed by atoms with Crippen LogP contribution in [0.25, 0.3) is 0 Å². The van der Waals surface area contributed by atoms with E-state index in [-0.39, 0.29) is 17.8 Å². The van der Waals surface area contributed by atoms with Crippen LogP contribution in [0, 0.1) is 5.41 Å². The van der Waals surface area contributed by atoms with Gasteiger partial charge < -0.3 is 15.0 Å². The van der Waals surface area contributed by atoms with Crippen LogP contribution in [0.3, 0.4) is 0 Å². The SMILES string of the molecule is COC(=O)[C@]1(C)CCCN(C(=O)[C@@H]2CCCCC(=O)N2)C1. The van der Waals surface area contributed by atoms with E-state index in [4.69, 9.17) is 4.74 Å². The van der Waals surface area contributed by atoms with Gasteiger partial charge in [0.05, 0.1) is 12.5 Å². The number of likely N-dealkylation sites (tertiary alicyclic amines) is 1. The van der Waals surface area contributed by atoms with E-state index in [1.165, 1.54) is 7.11 Å². The molecule has 118 valence electrons. The third kappa shape index (κ3) is 3.54. The highest BCUT2D eigenvalue weighted by atomic mass is 16.5. The largest absolute Gasteiger partial charge is 0.469 e. The van der Waals surface area contributed by atoms with Crippen LogP contribution in [0.4, 0.5) is 0 Å². The van der Waals surface area contributed by atoms with Crippen molar-refractivity contribution in [2.45, 2.75) is 51.5 Å². The van der Waals surface area contributed by atoms with Gasteiger partial charge in [-0.2, -0.15) is 0 Å². The monoisotopic (exact) mass is 296 g/mol. The van der Waals surface area contributed by atoms with Gasteiger partial charge in [-0.15, -0.1) is 0 Å². The quantitative estimate of drug-likeness (QED) is 0.766. The summed E-state index contributed by atoms with van der Waals surface area (Å²) in [5.41, 5.74) is -0.641. The van der Waals surface area contributed by atoms with Crippen molar-refractivity contribution in [3.05, 3.63) is 0 Å². The molecule has 0 saturated carbocycles. The lowest BCUT2D eigenvalue weighted by Crippen LogP contribution is -2.54. The molecule has 6 nitrogen and oxygen atoms in total. The van der Waals surface area contributed by atoms with Gasteiger partial charge in [0, 0.05) is 19.5 Å². The summed E-state index contributed by atoms with van der Waals surface area (Å²) in [4.78, 5) is 37.8. The Balaban J connectivity index is 2.04. The van der Waals surface area contributed by atoms with E-state index in [0.29, 0.717) is 25.9 Å². The van der Waals surface area contributed by atoms with Crippen molar-refractivity contribution in [2.75, 3.05) is 20.2 Å². The van der Waals surface area contributed by atoms with E-state index in [9.17, 15) is 14.4 Å². The van der Waals surface area contributed by atoms with E-state index in [0.717, 1.165) is 25.7 Å². The number of nitrogens with zero attached hydrogens (tertiary/aromatic N) is 1. The van der Waals surface area contributed by atoms with E-state index in [2.05, 4.69) is 5.32 Å². The maximum atomic E-state index is 12.6. The zero-order chi connectivity index (χ0) is 15.5. The Kier molecular flexibility index (Phi) is 4.85. The Labute approximate surface area is 125 Å². The fourth-order valence-electron chi connectivity index (χ4n) is 3.22. The van der Waals surface area contributed by atoms with Gasteiger partial charge in [0.25, 0.3) is 0 Å². The molecule has 2 aliphatic rings. The number of carbonyl (C=O) groups excluding carboxylic acids is 3. The molecule has 0 aromatic carbocycles. The predicted octanol–water partition coefficient (Wildman–Crippen LogP) is 0.847. The third-order valence-corrected chi connectivity index (χ3v) is 4.47. The molecule has 0 unspecified atom stereocenters. The zero-order valence-corrected chi connectivity index (χ0v) is 12.8. The topological polar surface area (TPSA) is 75.7 Å². The fourth-order valence-corrected chi connectivity index (χ4v) is 3.22. The van der Waals surface area contributed by atoms with Crippen LogP contribution < -0.4 is 5.32 Å². The van der Waals surface area contributed by atoms with Crippen molar-refractivity contribution in [3.63, 3.8) is 0 Å². The van der Waals surface area contributed by atoms with Crippen LogP contribution in [-0.4, -0.2) is 48.9 Å². The van der Waals surface area contributed by atoms with Gasteiger partial charge >= 0.3 is 5.97 Å². The van der Waals surface area contributed by atoms with Crippen molar-refractivity contribution < 1.29 is 19.1 Å². The number of ether oxygens (including phenoxy) is 1. The summed E-state index contributed by atoms with van der Waals surface area (Å²) in [6.07, 6.45) is 4.37. The van der Waals surface area contributed by atoms with Crippen LogP contribution in [0.15, 0.2) is 0 Å². The summed E-state index contributed by atoms with van der Waals surface area (Å²) in [6.45, 7) is 2.84. The smallest absolute Gasteiger partial charge is 0.313 e. The molecule has 6 heteroatoms. The molecule has 0 bridgehead atoms. The molecule has 2 rings (SSSR count). The van der Waals surface area contributed by atoms with Gasteiger partial charge in [-0.05, 0) is 32.6 Å². The third-order valence-electron chi connectivity index (χ3n) is 4.47. The molecular weight excluding hydrogens is 272 g/mol. The number of rotatable bonds is 2. The summed E-state index contributed by atoms with van der Waals surface area (Å²) in [6, 6.07) is -0.444. The highest BCUT2D eigenvalue weighted by Crippen LogP contribution is 2.31. The van der Waals surface area contributed by atoms with Gasteiger partial charge in [0.15, 0.2) is 0 Å². The first-order valence-corrected chi connectivity index (χ1v) is 7.63. The second-order valence-corrected chi connectivity index (χ2v) is 6.28. The lowest BCUT2D eigenvalue weighted by molar-refractivity contribution is -0.157. The van der Waals surface area contributed by atoms with E-state index >= 15 is 0 Å². The lowest BCUT2D eigenvalue weighted by atomic mass is 9.81. The van der Waals surface area contributed by atoms with Gasteiger partial charge in [0.2, 0.25) is 11.8 Å². The zero-order valence-electron chi connectivity index (χ0n) is 12.8. The van der Waals surface area contributed by atoms with Crippen molar-refractivity contribution >= 4 is 17.8 Å². The van der Waals surface area contributed by atoms with Crippen molar-refractivity contribution in [3.8, 4) is 0 Å². The molecule has 0 aromatic heterocycles. The average Bonchev–Trinajstić information content (AvgIpc) is 2.70. The number of hydrogen-bond donors (Lipinski definition) is 1. The molecule has 0 radical (unpaired) electrons. The minimum absolute atomic E-state index is 0.0569. The van der Waals surface area contributed by atoms with Crippen molar-refractivity contribution in [1.82, 2.24) is 10.2 Å². The molecule has 2 amide bonds. The van der Waals surface area contributed by atoms with Crippen LogP contribution in [0.5, 0.6) is 0 Å². The number of methoxy groups -OCH3 is 1. The van der Waals surface area contributed by atoms with Crippen LogP contribution in [0.1, 0.15) is 45.4 Å². The van der Waals surface area contributed by atoms with Crippen LogP contribution in [-0.2, 0) is 19.1 Å². The minimum Gasteiger partial charge on any atom is -0.469 e. The first-order valence-electron chi connectivity index (χ1n) is 7.63. The standard InChI is InChI=1S/C15H24N2O4/c1-15(14(20)21-2)8-5-9-17(10-15)13(19)11-6-3-4-7-12(18)16-11/h11H,3-10H2,1-2H3,(H,16,18)/t11-,15+/m0/s1. The van der Waals surface area contributed by atoms with Crippen molar-refractivity contribution in [2.24, 2.45) is 5.41 Å². The van der Waals surface area contributed by atoms with Gasteiger partial charge in [0.1, 0.15) is 6.04 Å². The summed E-state index contributed by atoms with van der Waals surface area (Å²) in [5.74, 6) is -0.399. The molecule has 2 saturated heterocycles. The molecule has 0 spiro atoms. The second kappa shape index (κ2) is 6.45. The Bertz CT molecular complexity index is 437. The van der Waals surface area contributed by atoms with E-state index in [1.807, 2.05) is 6.92 Å². The van der Waals surface area contributed by atoms with Crippen LogP contribution >= 0.6 is 0 Å². The molecule has 2 heterocycles. The Hall–Kier alpha value is -1.59. The first kappa shape index (κ1) is 15.8. The Morgan fingerprint density at radius 2 is 2.10 bits per heavy atom. The van der Waals surface area contributed by atoms with Crippen molar-refractivity contribution in [1.29, 1.82) is 0 Å². The number of hydrogen-bond acceptors (Lipinski definition) is 4. The van der Waals surface area contributed by atoms with Gasteiger partial charge in [-0.25, -0.2) is 0 Å². The Morgan fingerprint density at radius 1 is 1.33 bits per heavy atom. The second-order valence-electron chi connectivity index (χ2n) is 6.28. The number of amides is 2. The first-order chi connectivity index (χ1) is 9.96. The summed E-state index contributed by atoms with van der Waals surface area (Å²) in [5, 5.41) is 2.80. The number of esters is 1. The van der Waals surface area contributed by atoms with Gasteiger partial charge in [-0.3, -0.25) is 14.4 Å². The highest BCUT2D eigenvalue weighted by Gasteiger charge is 2.41. The maximum Gasteiger partial charge on any atom is 0.313 e. The molecule has 1 N–H and O–H groups in total. The summed E-state index contributed by atoms with van der Waals surface area (Å²) >= 11 is 0. The summed E-state index contributed by atoms with van der Waals surface area (Å²) < 4.78 is 4.86. The molecule has 2 aliphatic heterocycles. The number of nitrogens with one attached hydrogen (secondary N) is 1. The van der Waals surface area contributed by atoms with Gasteiger partial charge in [-0.1, -0.05) is 6.42 Å². The molecule has 0 aromatic rings. The lowest BCUT2D eigenvalue weighted by Gasteiger charge is -2.39. The molecule has 2 fully saturated rings. The average molecular weight is 296 g/mol. The number of piperidine rings is 1. The Morgan fingerprint density at radius 3 is 2.81 bits per heavy atom. The molecular formula is C15H24N2O4. The highest BCUT2D eigenvalue weighted by molar-refractivity contribution is 5.88. The molecule has 21 heavy (non-hydrogen) atoms. The van der Waals surface area contributed by atoms with E-state index in [1.54, 1.807) is 4.90 Å². The predicted molar refractivity (Wildman–Crippen MR) is 76.3 cm³/mol. The summed E-state index contributed by atoms with van der Waals surface area (Å²) in [7, 11) is 1.37.